The molecule has 0 aliphatic heterocycles. The first kappa shape index (κ1) is 26.6. The summed E-state index contributed by atoms with van der Waals surface area (Å²) in [6.07, 6.45) is 1.93. The van der Waals surface area contributed by atoms with E-state index in [0.29, 0.717) is 5.82 Å². The number of furan rings is 2. The van der Waals surface area contributed by atoms with Crippen LogP contribution < -0.4 is 0 Å². The zero-order chi connectivity index (χ0) is 31.6. The predicted molar refractivity (Wildman–Crippen MR) is 194 cm³/mol. The number of para-hydroxylation sites is 4. The Morgan fingerprint density at radius 1 is 0.396 bits per heavy atom. The monoisotopic (exact) mass is 615 g/mol. The molecule has 0 fully saturated rings. The highest BCUT2D eigenvalue weighted by Crippen LogP contribution is 2.40. The number of benzene rings is 6. The lowest BCUT2D eigenvalue weighted by atomic mass is 10.0. The minimum atomic E-state index is 0.603. The van der Waals surface area contributed by atoms with Crippen LogP contribution in [0.2, 0.25) is 0 Å². The Balaban J connectivity index is 1.21. The third-order valence-electron chi connectivity index (χ3n) is 9.13. The maximum atomic E-state index is 6.46. The largest absolute Gasteiger partial charge is 0.455 e. The summed E-state index contributed by atoms with van der Waals surface area (Å²) < 4.78 is 12.9. The van der Waals surface area contributed by atoms with Crippen molar-refractivity contribution in [3.8, 4) is 45.2 Å². The zero-order valence-corrected chi connectivity index (χ0v) is 25.6. The van der Waals surface area contributed by atoms with Crippen LogP contribution in [0.1, 0.15) is 0 Å². The second kappa shape index (κ2) is 10.5. The number of pyridine rings is 1. The van der Waals surface area contributed by atoms with Crippen LogP contribution in [0, 0.1) is 0 Å². The summed E-state index contributed by atoms with van der Waals surface area (Å²) in [5.41, 5.74) is 9.39. The normalized spacial score (nSPS) is 11.8. The van der Waals surface area contributed by atoms with Gasteiger partial charge in [0.2, 0.25) is 0 Å². The summed E-state index contributed by atoms with van der Waals surface area (Å²) >= 11 is 0. The standard InChI is InChI=1S/C43H25N3O2/c1-2-11-29-25-44-36(23-26(29)10-1)27-12-7-13-28(22-27)43-45-37(34-18-8-16-32-30-14-3-5-20-39(30)47-41(32)34)24-38(46-43)35-19-9-17-33-31-15-4-6-21-40(31)48-42(33)35/h1-25H. The third kappa shape index (κ3) is 4.22. The number of hydrogen-bond donors (Lipinski definition) is 0. The molecule has 10 rings (SSSR count). The summed E-state index contributed by atoms with van der Waals surface area (Å²) in [6, 6.07) is 49.5. The van der Waals surface area contributed by atoms with Gasteiger partial charge in [0.25, 0.3) is 0 Å². The molecule has 0 unspecified atom stereocenters. The first-order valence-corrected chi connectivity index (χ1v) is 15.9. The van der Waals surface area contributed by atoms with E-state index in [-0.39, 0.29) is 0 Å². The van der Waals surface area contributed by atoms with Crippen molar-refractivity contribution in [2.75, 3.05) is 0 Å². The van der Waals surface area contributed by atoms with E-state index >= 15 is 0 Å². The van der Waals surface area contributed by atoms with E-state index in [1.807, 2.05) is 60.8 Å². The van der Waals surface area contributed by atoms with Gasteiger partial charge in [-0.1, -0.05) is 103 Å². The highest BCUT2D eigenvalue weighted by Gasteiger charge is 2.19. The number of rotatable bonds is 4. The molecular formula is C43H25N3O2. The van der Waals surface area contributed by atoms with Crippen LogP contribution in [-0.2, 0) is 0 Å². The quantitative estimate of drug-likeness (QED) is 0.197. The molecule has 0 saturated heterocycles. The molecule has 4 heterocycles. The molecule has 5 heteroatoms. The molecule has 0 radical (unpaired) electrons. The summed E-state index contributed by atoms with van der Waals surface area (Å²) in [7, 11) is 0. The molecule has 0 aliphatic carbocycles. The molecular weight excluding hydrogens is 590 g/mol. The highest BCUT2D eigenvalue weighted by atomic mass is 16.3. The van der Waals surface area contributed by atoms with Gasteiger partial charge in [0.15, 0.2) is 5.82 Å². The Labute approximate surface area is 274 Å². The van der Waals surface area contributed by atoms with E-state index < -0.39 is 0 Å². The fourth-order valence-corrected chi connectivity index (χ4v) is 6.81. The summed E-state index contributed by atoms with van der Waals surface area (Å²) in [5, 5.41) is 6.50. The van der Waals surface area contributed by atoms with Crippen LogP contribution in [0.5, 0.6) is 0 Å². The SMILES string of the molecule is c1cc(-c2cc3ccccc3cn2)cc(-c2nc(-c3cccc4c3oc3ccccc34)cc(-c3cccc4c3oc3ccccc34)n2)c1. The van der Waals surface area contributed by atoms with Crippen LogP contribution in [0.15, 0.2) is 161 Å². The fourth-order valence-electron chi connectivity index (χ4n) is 6.81. The maximum Gasteiger partial charge on any atom is 0.160 e. The van der Waals surface area contributed by atoms with Crippen molar-refractivity contribution in [3.05, 3.63) is 152 Å². The van der Waals surface area contributed by atoms with Crippen molar-refractivity contribution >= 4 is 54.6 Å². The number of nitrogens with zero attached hydrogens (tertiary/aromatic N) is 3. The molecule has 0 saturated carbocycles. The Hall–Kier alpha value is -6.59. The van der Waals surface area contributed by atoms with Gasteiger partial charge in [0.1, 0.15) is 22.3 Å². The molecule has 10 aromatic rings. The van der Waals surface area contributed by atoms with Gasteiger partial charge in [-0.15, -0.1) is 0 Å². The lowest BCUT2D eigenvalue weighted by Crippen LogP contribution is -1.97. The van der Waals surface area contributed by atoms with Crippen LogP contribution in [0.4, 0.5) is 0 Å². The van der Waals surface area contributed by atoms with E-state index in [1.165, 1.54) is 0 Å². The fraction of sp³-hybridized carbons (Fsp3) is 0. The van der Waals surface area contributed by atoms with Gasteiger partial charge in [-0.3, -0.25) is 4.98 Å². The molecule has 0 N–H and O–H groups in total. The minimum Gasteiger partial charge on any atom is -0.455 e. The molecule has 48 heavy (non-hydrogen) atoms. The molecule has 0 bridgehead atoms. The minimum absolute atomic E-state index is 0.603. The molecule has 0 atom stereocenters. The van der Waals surface area contributed by atoms with Crippen LogP contribution >= 0.6 is 0 Å². The Bertz CT molecular complexity index is 2730. The van der Waals surface area contributed by atoms with Gasteiger partial charge >= 0.3 is 0 Å². The van der Waals surface area contributed by atoms with Crippen molar-refractivity contribution in [2.24, 2.45) is 0 Å². The Morgan fingerprint density at radius 2 is 0.938 bits per heavy atom. The molecule has 224 valence electrons. The first-order valence-electron chi connectivity index (χ1n) is 15.9. The average molecular weight is 616 g/mol. The van der Waals surface area contributed by atoms with Crippen LogP contribution in [-0.4, -0.2) is 15.0 Å². The molecule has 0 amide bonds. The van der Waals surface area contributed by atoms with Crippen LogP contribution in [0.3, 0.4) is 0 Å². The lowest BCUT2D eigenvalue weighted by Gasteiger charge is -2.11. The van der Waals surface area contributed by atoms with E-state index in [2.05, 4.69) is 91.0 Å². The number of hydrogen-bond acceptors (Lipinski definition) is 5. The highest BCUT2D eigenvalue weighted by molar-refractivity contribution is 6.11. The first-order chi connectivity index (χ1) is 23.8. The van der Waals surface area contributed by atoms with Crippen molar-refractivity contribution in [3.63, 3.8) is 0 Å². The second-order valence-corrected chi connectivity index (χ2v) is 12.0. The molecule has 6 aromatic carbocycles. The van der Waals surface area contributed by atoms with Gasteiger partial charge < -0.3 is 8.83 Å². The second-order valence-electron chi connectivity index (χ2n) is 12.0. The molecule has 0 aliphatic rings. The van der Waals surface area contributed by atoms with E-state index in [1.54, 1.807) is 0 Å². The Morgan fingerprint density at radius 3 is 1.60 bits per heavy atom. The molecule has 5 nitrogen and oxygen atoms in total. The van der Waals surface area contributed by atoms with Gasteiger partial charge in [0, 0.05) is 55.4 Å². The van der Waals surface area contributed by atoms with Gasteiger partial charge in [-0.25, -0.2) is 9.97 Å². The average Bonchev–Trinajstić information content (AvgIpc) is 3.73. The Kier molecular flexibility index (Phi) is 5.81. The van der Waals surface area contributed by atoms with Crippen molar-refractivity contribution in [1.82, 2.24) is 15.0 Å². The van der Waals surface area contributed by atoms with E-state index in [0.717, 1.165) is 94.0 Å². The van der Waals surface area contributed by atoms with Crippen molar-refractivity contribution in [2.45, 2.75) is 0 Å². The van der Waals surface area contributed by atoms with Crippen molar-refractivity contribution in [1.29, 1.82) is 0 Å². The summed E-state index contributed by atoms with van der Waals surface area (Å²) in [4.78, 5) is 15.2. The summed E-state index contributed by atoms with van der Waals surface area (Å²) in [6.45, 7) is 0. The number of fused-ring (bicyclic) bond motifs is 7. The van der Waals surface area contributed by atoms with Gasteiger partial charge in [-0.05, 0) is 47.9 Å². The summed E-state index contributed by atoms with van der Waals surface area (Å²) in [5.74, 6) is 0.603. The number of aromatic nitrogens is 3. The van der Waals surface area contributed by atoms with E-state index in [4.69, 9.17) is 23.8 Å². The third-order valence-corrected chi connectivity index (χ3v) is 9.13. The molecule has 4 aromatic heterocycles. The van der Waals surface area contributed by atoms with Crippen LogP contribution in [0.25, 0.3) is 99.8 Å². The van der Waals surface area contributed by atoms with Gasteiger partial charge in [0.05, 0.1) is 17.1 Å². The topological polar surface area (TPSA) is 65.0 Å². The predicted octanol–water partition coefficient (Wildman–Crippen LogP) is 11.5. The zero-order valence-electron chi connectivity index (χ0n) is 25.6. The van der Waals surface area contributed by atoms with E-state index in [9.17, 15) is 0 Å². The maximum absolute atomic E-state index is 6.46. The van der Waals surface area contributed by atoms with Crippen molar-refractivity contribution < 1.29 is 8.83 Å². The van der Waals surface area contributed by atoms with Gasteiger partial charge in [-0.2, -0.15) is 0 Å². The smallest absolute Gasteiger partial charge is 0.160 e. The molecule has 0 spiro atoms. The lowest BCUT2D eigenvalue weighted by molar-refractivity contribution is 0.669.